The molecule has 0 spiro atoms. The van der Waals surface area contributed by atoms with Crippen LogP contribution in [0.15, 0.2) is 24.3 Å². The Morgan fingerprint density at radius 3 is 2.11 bits per heavy atom. The number of quaternary nitrogens is 1. The van der Waals surface area contributed by atoms with Crippen molar-refractivity contribution in [3.05, 3.63) is 33.4 Å². The number of aryl methyl sites for hydroxylation is 1. The molecule has 1 aromatic rings. The second-order valence-electron chi connectivity index (χ2n) is 10.8. The van der Waals surface area contributed by atoms with Gasteiger partial charge >= 0.3 is 7.82 Å². The number of likely N-dealkylation sites (N-methyl/N-ethyl adjacent to an activating group) is 1. The second-order valence-corrected chi connectivity index (χ2v) is 13.5. The molecule has 0 fully saturated rings. The Kier molecular flexibility index (Phi) is 19.6. The molecule has 0 heterocycles. The number of benzene rings is 1. The number of phosphoric ester groups is 1. The fraction of sp³-hybridized carbons (Fsp3) is 0.786. The smallest absolute Gasteiger partial charge is 0.381 e. The maximum absolute atomic E-state index is 12.0. The van der Waals surface area contributed by atoms with E-state index in [1.807, 2.05) is 21.1 Å². The van der Waals surface area contributed by atoms with Crippen LogP contribution in [-0.4, -0.2) is 76.7 Å². The molecular formula is C28H52INO6P+. The lowest BCUT2D eigenvalue weighted by Crippen LogP contribution is -2.37. The molecule has 37 heavy (non-hydrogen) atoms. The predicted molar refractivity (Wildman–Crippen MR) is 160 cm³/mol. The van der Waals surface area contributed by atoms with E-state index in [0.717, 1.165) is 13.0 Å². The highest BCUT2D eigenvalue weighted by atomic mass is 127. The van der Waals surface area contributed by atoms with Gasteiger partial charge in [0.15, 0.2) is 0 Å². The van der Waals surface area contributed by atoms with E-state index in [2.05, 4.69) is 46.9 Å². The Morgan fingerprint density at radius 1 is 0.892 bits per heavy atom. The lowest BCUT2D eigenvalue weighted by molar-refractivity contribution is -0.870. The van der Waals surface area contributed by atoms with E-state index < -0.39 is 7.82 Å². The minimum Gasteiger partial charge on any atom is -0.381 e. The van der Waals surface area contributed by atoms with Gasteiger partial charge in [0.25, 0.3) is 0 Å². The number of methoxy groups -OCH3 is 1. The van der Waals surface area contributed by atoms with Crippen LogP contribution in [0.1, 0.15) is 76.2 Å². The van der Waals surface area contributed by atoms with Gasteiger partial charge in [-0.1, -0.05) is 63.5 Å². The molecule has 7 nitrogen and oxygen atoms in total. The summed E-state index contributed by atoms with van der Waals surface area (Å²) in [5.41, 5.74) is 1.47. The van der Waals surface area contributed by atoms with Crippen LogP contribution in [0.5, 0.6) is 0 Å². The van der Waals surface area contributed by atoms with Gasteiger partial charge in [-0.3, -0.25) is 9.05 Å². The van der Waals surface area contributed by atoms with Gasteiger partial charge < -0.3 is 18.9 Å². The first-order chi connectivity index (χ1) is 17.6. The van der Waals surface area contributed by atoms with E-state index in [0.29, 0.717) is 24.1 Å². The average molecular weight is 657 g/mol. The number of halogens is 1. The minimum absolute atomic E-state index is 0.00443. The summed E-state index contributed by atoms with van der Waals surface area (Å²) >= 11 is 2.38. The summed E-state index contributed by atoms with van der Waals surface area (Å²) in [6.07, 6.45) is 14.4. The van der Waals surface area contributed by atoms with Crippen LogP contribution in [0, 0.1) is 3.57 Å². The first kappa shape index (κ1) is 35.0. The van der Waals surface area contributed by atoms with Crippen LogP contribution in [0.2, 0.25) is 0 Å². The SMILES string of the molecule is COC(CCOCCCCCCCCCCCCc1cccc(I)c1)COP(=O)(O)OCC[N+](C)(C)C. The number of nitrogens with zero attached hydrogens (tertiary/aromatic N) is 1. The van der Waals surface area contributed by atoms with Crippen molar-refractivity contribution < 1.29 is 32.5 Å². The topological polar surface area (TPSA) is 74.2 Å². The molecule has 216 valence electrons. The van der Waals surface area contributed by atoms with Gasteiger partial charge in [-0.05, 0) is 66.0 Å². The van der Waals surface area contributed by atoms with Crippen LogP contribution in [0.4, 0.5) is 0 Å². The summed E-state index contributed by atoms with van der Waals surface area (Å²) in [6.45, 7) is 2.07. The monoisotopic (exact) mass is 656 g/mol. The molecule has 1 aromatic carbocycles. The Hall–Kier alpha value is -0.0600. The first-order valence-electron chi connectivity index (χ1n) is 13.9. The molecule has 2 unspecified atom stereocenters. The molecule has 2 atom stereocenters. The molecular weight excluding hydrogens is 604 g/mol. The first-order valence-corrected chi connectivity index (χ1v) is 16.5. The van der Waals surface area contributed by atoms with Crippen LogP contribution in [-0.2, 0) is 29.5 Å². The van der Waals surface area contributed by atoms with Gasteiger partial charge in [0.2, 0.25) is 0 Å². The van der Waals surface area contributed by atoms with Crippen molar-refractivity contribution in [3.63, 3.8) is 0 Å². The van der Waals surface area contributed by atoms with Gasteiger partial charge in [-0.25, -0.2) is 4.57 Å². The molecule has 0 saturated heterocycles. The maximum Gasteiger partial charge on any atom is 0.472 e. The van der Waals surface area contributed by atoms with Gasteiger partial charge in [0.1, 0.15) is 13.2 Å². The molecule has 0 bridgehead atoms. The highest BCUT2D eigenvalue weighted by molar-refractivity contribution is 14.1. The summed E-state index contributed by atoms with van der Waals surface area (Å²) in [5.74, 6) is 0. The fourth-order valence-corrected chi connectivity index (χ4v) is 5.22. The minimum atomic E-state index is -4.06. The summed E-state index contributed by atoms with van der Waals surface area (Å²) in [7, 11) is 3.48. The van der Waals surface area contributed by atoms with Crippen molar-refractivity contribution in [2.75, 3.05) is 61.2 Å². The number of phosphoric acid groups is 1. The maximum atomic E-state index is 12.0. The van der Waals surface area contributed by atoms with E-state index in [1.54, 1.807) is 7.11 Å². The van der Waals surface area contributed by atoms with Crippen LogP contribution >= 0.6 is 30.4 Å². The summed E-state index contributed by atoms with van der Waals surface area (Å²) in [4.78, 5) is 9.81. The Labute approximate surface area is 239 Å². The quantitative estimate of drug-likeness (QED) is 0.0560. The summed E-state index contributed by atoms with van der Waals surface area (Å²) in [5, 5.41) is 0. The lowest BCUT2D eigenvalue weighted by atomic mass is 10.0. The Balaban J connectivity index is 1.90. The number of hydrogen-bond donors (Lipinski definition) is 1. The number of unbranched alkanes of at least 4 members (excludes halogenated alkanes) is 9. The highest BCUT2D eigenvalue weighted by Crippen LogP contribution is 2.43. The Morgan fingerprint density at radius 2 is 1.51 bits per heavy atom. The van der Waals surface area contributed by atoms with Crippen molar-refractivity contribution in [1.82, 2.24) is 0 Å². The zero-order chi connectivity index (χ0) is 27.4. The third kappa shape index (κ3) is 21.4. The van der Waals surface area contributed by atoms with Crippen molar-refractivity contribution in [1.29, 1.82) is 0 Å². The van der Waals surface area contributed by atoms with Gasteiger partial charge in [0, 0.05) is 23.9 Å². The van der Waals surface area contributed by atoms with Crippen LogP contribution in [0.3, 0.4) is 0 Å². The number of ether oxygens (including phenoxy) is 2. The standard InChI is InChI=1S/C28H51INO6P/c1-30(2,3)20-23-35-37(31,32)36-25-28(33-4)19-22-34-21-14-12-10-8-6-5-7-9-11-13-16-26-17-15-18-27(29)24-26/h15,17-18,24,28H,5-14,16,19-23,25H2,1-4H3/p+1. The third-order valence-electron chi connectivity index (χ3n) is 6.25. The molecule has 0 radical (unpaired) electrons. The zero-order valence-electron chi connectivity index (χ0n) is 23.7. The summed E-state index contributed by atoms with van der Waals surface area (Å²) in [6, 6.07) is 8.84. The molecule has 0 saturated carbocycles. The van der Waals surface area contributed by atoms with E-state index in [4.69, 9.17) is 18.5 Å². The second kappa shape index (κ2) is 20.8. The van der Waals surface area contributed by atoms with E-state index >= 15 is 0 Å². The molecule has 0 aliphatic carbocycles. The molecule has 0 aliphatic rings. The lowest BCUT2D eigenvalue weighted by Gasteiger charge is -2.24. The van der Waals surface area contributed by atoms with Crippen molar-refractivity contribution in [2.45, 2.75) is 83.2 Å². The normalized spacial score (nSPS) is 14.5. The van der Waals surface area contributed by atoms with Crippen LogP contribution in [0.25, 0.3) is 0 Å². The van der Waals surface area contributed by atoms with Gasteiger partial charge in [0.05, 0.1) is 33.9 Å². The average Bonchev–Trinajstić information content (AvgIpc) is 2.82. The molecule has 0 aliphatic heterocycles. The van der Waals surface area contributed by atoms with E-state index in [1.165, 1.54) is 73.3 Å². The Bertz CT molecular complexity index is 746. The molecule has 0 amide bonds. The van der Waals surface area contributed by atoms with E-state index in [9.17, 15) is 9.46 Å². The third-order valence-corrected chi connectivity index (χ3v) is 7.91. The van der Waals surface area contributed by atoms with E-state index in [-0.39, 0.29) is 19.3 Å². The molecule has 1 N–H and O–H groups in total. The van der Waals surface area contributed by atoms with Crippen LogP contribution < -0.4 is 0 Å². The van der Waals surface area contributed by atoms with Gasteiger partial charge in [-0.15, -0.1) is 0 Å². The molecule has 1 rings (SSSR count). The fourth-order valence-electron chi connectivity index (χ4n) is 3.87. The van der Waals surface area contributed by atoms with Crippen molar-refractivity contribution in [3.8, 4) is 0 Å². The number of hydrogen-bond acceptors (Lipinski definition) is 5. The van der Waals surface area contributed by atoms with Crippen molar-refractivity contribution >= 4 is 30.4 Å². The highest BCUT2D eigenvalue weighted by Gasteiger charge is 2.24. The summed E-state index contributed by atoms with van der Waals surface area (Å²) < 4.78 is 35.2. The largest absolute Gasteiger partial charge is 0.472 e. The molecule has 9 heteroatoms. The van der Waals surface area contributed by atoms with Crippen molar-refractivity contribution in [2.24, 2.45) is 0 Å². The zero-order valence-corrected chi connectivity index (χ0v) is 26.7. The number of rotatable bonds is 24. The predicted octanol–water partition coefficient (Wildman–Crippen LogP) is 7.00. The molecule has 0 aromatic heterocycles. The van der Waals surface area contributed by atoms with Gasteiger partial charge in [-0.2, -0.15) is 0 Å².